The van der Waals surface area contributed by atoms with Crippen LogP contribution in [0.2, 0.25) is 0 Å². The maximum Gasteiger partial charge on any atom is 0.472 e. The number of hydrogen-bond acceptors (Lipinski definition) is 7. The van der Waals surface area contributed by atoms with E-state index in [0.717, 1.165) is 77.0 Å². The minimum atomic E-state index is -4.29. The van der Waals surface area contributed by atoms with Crippen molar-refractivity contribution in [2.75, 3.05) is 33.0 Å². The van der Waals surface area contributed by atoms with Gasteiger partial charge in [-0.15, -0.1) is 0 Å². The molecule has 0 spiro atoms. The Bertz CT molecular complexity index is 1080. The summed E-state index contributed by atoms with van der Waals surface area (Å²) in [5.41, 5.74) is 5.37. The van der Waals surface area contributed by atoms with Crippen LogP contribution < -0.4 is 5.73 Å². The van der Waals surface area contributed by atoms with Crippen molar-refractivity contribution in [2.24, 2.45) is 5.73 Å². The molecule has 0 aromatic carbocycles. The van der Waals surface area contributed by atoms with Crippen molar-refractivity contribution in [2.45, 2.75) is 187 Å². The number of phosphoric acid groups is 1. The molecule has 0 saturated carbocycles. The van der Waals surface area contributed by atoms with E-state index in [2.05, 4.69) is 86.8 Å². The number of esters is 1. The monoisotopic (exact) mass is 806 g/mol. The summed E-state index contributed by atoms with van der Waals surface area (Å²) in [6.45, 7) is 4.70. The van der Waals surface area contributed by atoms with Crippen LogP contribution in [-0.2, 0) is 27.9 Å². The minimum Gasteiger partial charge on any atom is -0.457 e. The van der Waals surface area contributed by atoms with E-state index < -0.39 is 13.9 Å². The molecule has 8 nitrogen and oxygen atoms in total. The van der Waals surface area contributed by atoms with Crippen molar-refractivity contribution in [1.82, 2.24) is 0 Å². The van der Waals surface area contributed by atoms with Crippen molar-refractivity contribution in [1.29, 1.82) is 0 Å². The summed E-state index contributed by atoms with van der Waals surface area (Å²) in [5, 5.41) is 0. The number of carbonyl (C=O) groups is 1. The van der Waals surface area contributed by atoms with Crippen LogP contribution in [-0.4, -0.2) is 49.9 Å². The van der Waals surface area contributed by atoms with Crippen LogP contribution in [0.1, 0.15) is 181 Å². The van der Waals surface area contributed by atoms with E-state index in [4.69, 9.17) is 24.3 Å². The second-order valence-electron chi connectivity index (χ2n) is 14.5. The molecule has 324 valence electrons. The van der Waals surface area contributed by atoms with Gasteiger partial charge >= 0.3 is 13.8 Å². The lowest BCUT2D eigenvalue weighted by Crippen LogP contribution is -2.28. The Morgan fingerprint density at radius 2 is 1.00 bits per heavy atom. The topological polar surface area (TPSA) is 117 Å². The van der Waals surface area contributed by atoms with Gasteiger partial charge in [0.1, 0.15) is 6.10 Å². The Hall–Kier alpha value is -2.06. The van der Waals surface area contributed by atoms with Gasteiger partial charge < -0.3 is 20.1 Å². The standard InChI is InChI=1S/C47H84NO7P/c1-3-5-7-9-11-13-15-17-19-21-22-23-24-25-26-28-30-32-34-36-38-40-47(49)55-46(45-54-56(50,51)53-43-41-48)44-52-42-39-37-35-33-31-29-27-20-18-16-14-12-10-8-6-4-2/h6,8,12,14-15,17-18,20-22,29,31,46H,3-5,7,9-11,13,16,19,23-28,30,32-45,48H2,1-2H3,(H,50,51)/b8-6-,14-12-,17-15-,20-18-,22-21-,31-29-. The van der Waals surface area contributed by atoms with Gasteiger partial charge in [-0.25, -0.2) is 4.57 Å². The first kappa shape index (κ1) is 53.9. The molecule has 9 heteroatoms. The fourth-order valence-electron chi connectivity index (χ4n) is 5.84. The number of ether oxygens (including phenoxy) is 2. The number of carbonyl (C=O) groups excluding carboxylic acids is 1. The van der Waals surface area contributed by atoms with Gasteiger partial charge in [0.05, 0.1) is 19.8 Å². The molecule has 0 saturated heterocycles. The molecular formula is C47H84NO7P. The van der Waals surface area contributed by atoms with E-state index in [1.807, 2.05) is 0 Å². The molecular weight excluding hydrogens is 721 g/mol. The Morgan fingerprint density at radius 1 is 0.554 bits per heavy atom. The number of phosphoric ester groups is 1. The molecule has 56 heavy (non-hydrogen) atoms. The first-order chi connectivity index (χ1) is 27.4. The smallest absolute Gasteiger partial charge is 0.457 e. The molecule has 2 atom stereocenters. The van der Waals surface area contributed by atoms with Gasteiger partial charge in [-0.2, -0.15) is 0 Å². The molecule has 0 aliphatic rings. The minimum absolute atomic E-state index is 0.0897. The quantitative estimate of drug-likeness (QED) is 0.0271. The van der Waals surface area contributed by atoms with E-state index in [-0.39, 0.29) is 32.3 Å². The van der Waals surface area contributed by atoms with Crippen molar-refractivity contribution < 1.29 is 32.8 Å². The highest BCUT2D eigenvalue weighted by molar-refractivity contribution is 7.47. The fourth-order valence-corrected chi connectivity index (χ4v) is 6.61. The molecule has 0 aliphatic heterocycles. The molecule has 0 aromatic rings. The normalized spacial score (nSPS) is 14.1. The van der Waals surface area contributed by atoms with Crippen molar-refractivity contribution >= 4 is 13.8 Å². The van der Waals surface area contributed by atoms with Gasteiger partial charge in [0.2, 0.25) is 0 Å². The Morgan fingerprint density at radius 3 is 1.50 bits per heavy atom. The van der Waals surface area contributed by atoms with Gasteiger partial charge in [0, 0.05) is 19.6 Å². The summed E-state index contributed by atoms with van der Waals surface area (Å²) in [6, 6.07) is 0. The van der Waals surface area contributed by atoms with Crippen molar-refractivity contribution in [3.63, 3.8) is 0 Å². The SMILES string of the molecule is CC/C=C\C/C=C\C/C=C\C/C=C\CCCCCOCC(COP(=O)(O)OCCN)OC(=O)CCCCCCCCCCC/C=C\C/C=C\CCCCCCC. The Balaban J connectivity index is 4.07. The Kier molecular flexibility index (Phi) is 42.4. The third-order valence-electron chi connectivity index (χ3n) is 9.11. The summed E-state index contributed by atoms with van der Waals surface area (Å²) >= 11 is 0. The number of unbranched alkanes of at least 4 members (excludes halogenated alkanes) is 17. The van der Waals surface area contributed by atoms with Crippen LogP contribution in [0.5, 0.6) is 0 Å². The maximum atomic E-state index is 12.6. The molecule has 0 aromatic heterocycles. The van der Waals surface area contributed by atoms with Crippen LogP contribution in [0.4, 0.5) is 0 Å². The number of hydrogen-bond donors (Lipinski definition) is 2. The second kappa shape index (κ2) is 44.1. The van der Waals surface area contributed by atoms with Crippen LogP contribution in [0, 0.1) is 0 Å². The summed E-state index contributed by atoms with van der Waals surface area (Å²) in [6.07, 6.45) is 55.0. The lowest BCUT2D eigenvalue weighted by molar-refractivity contribution is -0.154. The van der Waals surface area contributed by atoms with Crippen LogP contribution in [0.15, 0.2) is 72.9 Å². The summed E-state index contributed by atoms with van der Waals surface area (Å²) in [5.74, 6) is -0.348. The highest BCUT2D eigenvalue weighted by atomic mass is 31.2. The summed E-state index contributed by atoms with van der Waals surface area (Å²) < 4.78 is 33.4. The van der Waals surface area contributed by atoms with Gasteiger partial charge in [-0.3, -0.25) is 13.8 Å². The lowest BCUT2D eigenvalue weighted by Gasteiger charge is -2.20. The number of rotatable bonds is 42. The zero-order chi connectivity index (χ0) is 40.9. The van der Waals surface area contributed by atoms with Gasteiger partial charge in [-0.05, 0) is 83.5 Å². The molecule has 0 radical (unpaired) electrons. The van der Waals surface area contributed by atoms with Crippen LogP contribution in [0.3, 0.4) is 0 Å². The Labute approximate surface area is 344 Å². The zero-order valence-electron chi connectivity index (χ0n) is 35.8. The first-order valence-corrected chi connectivity index (χ1v) is 23.9. The van der Waals surface area contributed by atoms with Crippen molar-refractivity contribution in [3.8, 4) is 0 Å². The predicted molar refractivity (Wildman–Crippen MR) is 238 cm³/mol. The third-order valence-corrected chi connectivity index (χ3v) is 10.1. The van der Waals surface area contributed by atoms with Crippen LogP contribution in [0.25, 0.3) is 0 Å². The molecule has 0 bridgehead atoms. The lowest BCUT2D eigenvalue weighted by atomic mass is 10.1. The molecule has 2 unspecified atom stereocenters. The summed E-state index contributed by atoms with van der Waals surface area (Å²) in [4.78, 5) is 22.5. The molecule has 0 amide bonds. The molecule has 0 fully saturated rings. The second-order valence-corrected chi connectivity index (χ2v) is 16.0. The maximum absolute atomic E-state index is 12.6. The van der Waals surface area contributed by atoms with E-state index in [9.17, 15) is 14.3 Å². The third kappa shape index (κ3) is 43.1. The first-order valence-electron chi connectivity index (χ1n) is 22.4. The van der Waals surface area contributed by atoms with Gasteiger partial charge in [0.25, 0.3) is 0 Å². The highest BCUT2D eigenvalue weighted by Gasteiger charge is 2.25. The molecule has 0 aliphatic carbocycles. The average Bonchev–Trinajstić information content (AvgIpc) is 3.19. The molecule has 0 rings (SSSR count). The number of allylic oxidation sites excluding steroid dienone is 12. The van der Waals surface area contributed by atoms with Crippen molar-refractivity contribution in [3.05, 3.63) is 72.9 Å². The van der Waals surface area contributed by atoms with E-state index in [1.54, 1.807) is 0 Å². The molecule has 0 heterocycles. The van der Waals surface area contributed by atoms with Gasteiger partial charge in [-0.1, -0.05) is 164 Å². The average molecular weight is 806 g/mol. The highest BCUT2D eigenvalue weighted by Crippen LogP contribution is 2.43. The fraction of sp³-hybridized carbons (Fsp3) is 0.723. The van der Waals surface area contributed by atoms with E-state index in [1.165, 1.54) is 83.5 Å². The predicted octanol–water partition coefficient (Wildman–Crippen LogP) is 13.5. The largest absolute Gasteiger partial charge is 0.472 e. The van der Waals surface area contributed by atoms with Gasteiger partial charge in [0.15, 0.2) is 0 Å². The summed E-state index contributed by atoms with van der Waals surface area (Å²) in [7, 11) is -4.29. The van der Waals surface area contributed by atoms with E-state index in [0.29, 0.717) is 13.0 Å². The van der Waals surface area contributed by atoms with Crippen LogP contribution >= 0.6 is 7.82 Å². The number of nitrogens with two attached hydrogens (primary N) is 1. The van der Waals surface area contributed by atoms with E-state index >= 15 is 0 Å². The molecule has 3 N–H and O–H groups in total. The zero-order valence-corrected chi connectivity index (χ0v) is 36.7.